The summed E-state index contributed by atoms with van der Waals surface area (Å²) in [6, 6.07) is 22.1. The number of piperazine rings is 1. The molecule has 1 unspecified atom stereocenters. The van der Waals surface area contributed by atoms with Crippen LogP contribution in [0.4, 0.5) is 21.5 Å². The van der Waals surface area contributed by atoms with Crippen LogP contribution in [0.25, 0.3) is 0 Å². The van der Waals surface area contributed by atoms with Gasteiger partial charge in [0.1, 0.15) is 11.9 Å². The first-order valence-electron chi connectivity index (χ1n) is 11.1. The predicted molar refractivity (Wildman–Crippen MR) is 133 cm³/mol. The van der Waals surface area contributed by atoms with Crippen LogP contribution >= 0.6 is 11.6 Å². The summed E-state index contributed by atoms with van der Waals surface area (Å²) in [6.07, 6.45) is 0. The van der Waals surface area contributed by atoms with Crippen molar-refractivity contribution in [3.8, 4) is 0 Å². The first-order chi connectivity index (χ1) is 16.0. The molecule has 1 fully saturated rings. The lowest BCUT2D eigenvalue weighted by molar-refractivity contribution is -0.116. The molecule has 0 radical (unpaired) electrons. The van der Waals surface area contributed by atoms with Crippen molar-refractivity contribution in [2.45, 2.75) is 19.5 Å². The highest BCUT2D eigenvalue weighted by Crippen LogP contribution is 2.24. The van der Waals surface area contributed by atoms with Crippen molar-refractivity contribution in [2.75, 3.05) is 41.7 Å². The van der Waals surface area contributed by atoms with Gasteiger partial charge in [-0.25, -0.2) is 4.39 Å². The van der Waals surface area contributed by atoms with Crippen LogP contribution in [0, 0.1) is 5.82 Å². The van der Waals surface area contributed by atoms with Gasteiger partial charge in [-0.1, -0.05) is 41.9 Å². The Balaban J connectivity index is 1.27. The van der Waals surface area contributed by atoms with Crippen LogP contribution < -0.4 is 15.5 Å². The molecule has 1 amide bonds. The second-order valence-corrected chi connectivity index (χ2v) is 8.68. The molecule has 1 aliphatic rings. The molecular weight excluding hydrogens is 439 g/mol. The second kappa shape index (κ2) is 10.7. The Morgan fingerprint density at radius 1 is 1.00 bits per heavy atom. The maximum atomic E-state index is 13.2. The van der Waals surface area contributed by atoms with Gasteiger partial charge in [0.15, 0.2) is 0 Å². The molecule has 1 atom stereocenters. The van der Waals surface area contributed by atoms with E-state index in [2.05, 4.69) is 56.8 Å². The van der Waals surface area contributed by atoms with E-state index in [0.717, 1.165) is 38.4 Å². The zero-order chi connectivity index (χ0) is 23.2. The number of nitrogens with zero attached hydrogens (tertiary/aromatic N) is 2. The Morgan fingerprint density at radius 2 is 1.70 bits per heavy atom. The smallest absolute Gasteiger partial charge is 0.246 e. The molecule has 0 bridgehead atoms. The van der Waals surface area contributed by atoms with Crippen LogP contribution in [-0.4, -0.2) is 43.0 Å². The van der Waals surface area contributed by atoms with Crippen LogP contribution in [0.3, 0.4) is 0 Å². The number of halogens is 2. The van der Waals surface area contributed by atoms with E-state index in [1.807, 2.05) is 18.2 Å². The van der Waals surface area contributed by atoms with Gasteiger partial charge in [-0.3, -0.25) is 9.69 Å². The van der Waals surface area contributed by atoms with Gasteiger partial charge in [-0.05, 0) is 55.0 Å². The lowest BCUT2D eigenvalue weighted by atomic mass is 10.2. The quantitative estimate of drug-likeness (QED) is 0.500. The Labute approximate surface area is 199 Å². The van der Waals surface area contributed by atoms with E-state index in [4.69, 9.17) is 11.6 Å². The summed E-state index contributed by atoms with van der Waals surface area (Å²) >= 11 is 6.00. The maximum Gasteiger partial charge on any atom is 0.246 e. The number of rotatable bonds is 7. The zero-order valence-electron chi connectivity index (χ0n) is 18.6. The molecule has 172 valence electrons. The third kappa shape index (κ3) is 6.24. The summed E-state index contributed by atoms with van der Waals surface area (Å²) in [4.78, 5) is 17.4. The molecule has 0 spiro atoms. The molecule has 0 saturated carbocycles. The largest absolute Gasteiger partial charge is 0.374 e. The van der Waals surface area contributed by atoms with E-state index in [-0.39, 0.29) is 10.9 Å². The SMILES string of the molecule is CC(Nc1ccc(N2CCN(Cc3ccccc3)CC2)cc1)C(=O)Nc1ccc(F)cc1Cl. The highest BCUT2D eigenvalue weighted by Gasteiger charge is 2.18. The van der Waals surface area contributed by atoms with Crippen molar-refractivity contribution in [2.24, 2.45) is 0 Å². The lowest BCUT2D eigenvalue weighted by Gasteiger charge is -2.36. The average molecular weight is 467 g/mol. The van der Waals surface area contributed by atoms with Crippen LogP contribution in [-0.2, 0) is 11.3 Å². The molecule has 1 heterocycles. The highest BCUT2D eigenvalue weighted by atomic mass is 35.5. The first-order valence-corrected chi connectivity index (χ1v) is 11.5. The van der Waals surface area contributed by atoms with E-state index in [1.54, 1.807) is 6.92 Å². The Kier molecular flexibility index (Phi) is 7.47. The van der Waals surface area contributed by atoms with Crippen LogP contribution in [0.1, 0.15) is 12.5 Å². The van der Waals surface area contributed by atoms with Gasteiger partial charge in [0.05, 0.1) is 10.7 Å². The molecular formula is C26H28ClFN4O. The number of hydrogen-bond donors (Lipinski definition) is 2. The molecule has 0 aromatic heterocycles. The molecule has 5 nitrogen and oxygen atoms in total. The summed E-state index contributed by atoms with van der Waals surface area (Å²) in [5.74, 6) is -0.691. The Bertz CT molecular complexity index is 1070. The van der Waals surface area contributed by atoms with Crippen molar-refractivity contribution < 1.29 is 9.18 Å². The molecule has 4 rings (SSSR count). The fraction of sp³-hybridized carbons (Fsp3) is 0.269. The second-order valence-electron chi connectivity index (χ2n) is 8.28. The van der Waals surface area contributed by atoms with E-state index >= 15 is 0 Å². The van der Waals surface area contributed by atoms with Crippen LogP contribution in [0.15, 0.2) is 72.8 Å². The average Bonchev–Trinajstić information content (AvgIpc) is 2.82. The number of amides is 1. The number of anilines is 3. The molecule has 0 aliphatic carbocycles. The first kappa shape index (κ1) is 23.1. The summed E-state index contributed by atoms with van der Waals surface area (Å²) in [5, 5.41) is 6.10. The number of benzene rings is 3. The number of carbonyl (C=O) groups is 1. The zero-order valence-corrected chi connectivity index (χ0v) is 19.4. The van der Waals surface area contributed by atoms with Crippen molar-refractivity contribution in [1.29, 1.82) is 0 Å². The van der Waals surface area contributed by atoms with E-state index in [0.29, 0.717) is 5.69 Å². The van der Waals surface area contributed by atoms with Crippen LogP contribution in [0.2, 0.25) is 5.02 Å². The van der Waals surface area contributed by atoms with Crippen molar-refractivity contribution in [3.05, 3.63) is 89.2 Å². The molecule has 3 aromatic carbocycles. The van der Waals surface area contributed by atoms with E-state index < -0.39 is 11.9 Å². The number of hydrogen-bond acceptors (Lipinski definition) is 4. The fourth-order valence-electron chi connectivity index (χ4n) is 3.92. The molecule has 1 aliphatic heterocycles. The van der Waals surface area contributed by atoms with E-state index in [9.17, 15) is 9.18 Å². The van der Waals surface area contributed by atoms with Crippen molar-refractivity contribution in [3.63, 3.8) is 0 Å². The standard InChI is InChI=1S/C26H28ClFN4O/c1-19(26(33)30-25-12-7-21(28)17-24(25)27)29-22-8-10-23(11-9-22)32-15-13-31(14-16-32)18-20-5-3-2-4-6-20/h2-12,17,19,29H,13-16,18H2,1H3,(H,30,33). The van der Waals surface area contributed by atoms with Crippen LogP contribution in [0.5, 0.6) is 0 Å². The Morgan fingerprint density at radius 3 is 2.36 bits per heavy atom. The predicted octanol–water partition coefficient (Wildman–Crippen LogP) is 5.24. The fourth-order valence-corrected chi connectivity index (χ4v) is 4.14. The topological polar surface area (TPSA) is 47.6 Å². The summed E-state index contributed by atoms with van der Waals surface area (Å²) < 4.78 is 13.2. The molecule has 2 N–H and O–H groups in total. The normalized spacial score (nSPS) is 15.2. The van der Waals surface area contributed by atoms with Gasteiger partial charge in [0.25, 0.3) is 0 Å². The van der Waals surface area contributed by atoms with E-state index in [1.165, 1.54) is 29.4 Å². The molecule has 3 aromatic rings. The third-order valence-corrected chi connectivity index (χ3v) is 6.13. The molecule has 7 heteroatoms. The van der Waals surface area contributed by atoms with Gasteiger partial charge in [0.2, 0.25) is 5.91 Å². The van der Waals surface area contributed by atoms with Gasteiger partial charge < -0.3 is 15.5 Å². The summed E-state index contributed by atoms with van der Waals surface area (Å²) in [7, 11) is 0. The van der Waals surface area contributed by atoms with Crippen molar-refractivity contribution in [1.82, 2.24) is 4.90 Å². The minimum Gasteiger partial charge on any atom is -0.374 e. The highest BCUT2D eigenvalue weighted by molar-refractivity contribution is 6.33. The number of nitrogens with one attached hydrogen (secondary N) is 2. The molecule has 1 saturated heterocycles. The number of carbonyl (C=O) groups excluding carboxylic acids is 1. The minimum absolute atomic E-state index is 0.170. The monoisotopic (exact) mass is 466 g/mol. The minimum atomic E-state index is -0.487. The van der Waals surface area contributed by atoms with Gasteiger partial charge in [-0.15, -0.1) is 0 Å². The van der Waals surface area contributed by atoms with Crippen molar-refractivity contribution >= 4 is 34.6 Å². The Hall–Kier alpha value is -3.09. The molecule has 33 heavy (non-hydrogen) atoms. The van der Waals surface area contributed by atoms with Gasteiger partial charge in [-0.2, -0.15) is 0 Å². The van der Waals surface area contributed by atoms with Gasteiger partial charge in [0, 0.05) is 44.1 Å². The van der Waals surface area contributed by atoms with Gasteiger partial charge >= 0.3 is 0 Å². The third-order valence-electron chi connectivity index (χ3n) is 5.82. The summed E-state index contributed by atoms with van der Waals surface area (Å²) in [5.41, 5.74) is 3.77. The maximum absolute atomic E-state index is 13.2. The lowest BCUT2D eigenvalue weighted by Crippen LogP contribution is -2.45. The summed E-state index contributed by atoms with van der Waals surface area (Å²) in [6.45, 7) is 6.77.